The van der Waals surface area contributed by atoms with Crippen LogP contribution in [-0.2, 0) is 13.2 Å². The van der Waals surface area contributed by atoms with E-state index in [1.807, 2.05) is 0 Å². The lowest BCUT2D eigenvalue weighted by Gasteiger charge is -2.28. The molecule has 1 aromatic heterocycles. The van der Waals surface area contributed by atoms with E-state index in [1.165, 1.54) is 12.1 Å². The van der Waals surface area contributed by atoms with E-state index >= 15 is 0 Å². The van der Waals surface area contributed by atoms with Gasteiger partial charge in [0.2, 0.25) is 0 Å². The Morgan fingerprint density at radius 2 is 2.08 bits per heavy atom. The summed E-state index contributed by atoms with van der Waals surface area (Å²) < 4.78 is 34.2. The van der Waals surface area contributed by atoms with E-state index in [9.17, 15) is 13.6 Å². The van der Waals surface area contributed by atoms with Crippen LogP contribution in [-0.4, -0.2) is 39.3 Å². The number of hydrogen-bond acceptors (Lipinski definition) is 3. The van der Waals surface area contributed by atoms with Gasteiger partial charge in [0.15, 0.2) is 0 Å². The fourth-order valence-electron chi connectivity index (χ4n) is 2.86. The Morgan fingerprint density at radius 3 is 2.83 bits per heavy atom. The number of aromatic nitrogens is 2. The molecule has 1 saturated carbocycles. The first-order valence-corrected chi connectivity index (χ1v) is 7.96. The van der Waals surface area contributed by atoms with Crippen LogP contribution in [0.25, 0.3) is 0 Å². The van der Waals surface area contributed by atoms with Crippen molar-refractivity contribution < 1.29 is 18.3 Å². The zero-order valence-corrected chi connectivity index (χ0v) is 13.0. The lowest BCUT2D eigenvalue weighted by Crippen LogP contribution is -2.43. The van der Waals surface area contributed by atoms with Crippen molar-refractivity contribution in [2.75, 3.05) is 13.1 Å². The number of carbonyl (C=O) groups is 1. The van der Waals surface area contributed by atoms with Crippen LogP contribution in [0.3, 0.4) is 0 Å². The third-order valence-electron chi connectivity index (χ3n) is 4.37. The molecule has 1 amide bonds. The Labute approximate surface area is 137 Å². The number of amides is 1. The topological polar surface area (TPSA) is 47.4 Å². The number of alkyl halides is 1. The van der Waals surface area contributed by atoms with Gasteiger partial charge in [0.1, 0.15) is 35.2 Å². The lowest BCUT2D eigenvalue weighted by molar-refractivity contribution is 0.0629. The highest BCUT2D eigenvalue weighted by molar-refractivity contribution is 5.93. The molecular weight excluding hydrogens is 316 g/mol. The van der Waals surface area contributed by atoms with E-state index in [-0.39, 0.29) is 24.9 Å². The Morgan fingerprint density at radius 1 is 1.25 bits per heavy atom. The summed E-state index contributed by atoms with van der Waals surface area (Å²) in [6.45, 7) is 1.30. The Balaban J connectivity index is 1.44. The van der Waals surface area contributed by atoms with Crippen LogP contribution >= 0.6 is 0 Å². The molecule has 0 radical (unpaired) electrons. The van der Waals surface area contributed by atoms with Crippen molar-refractivity contribution in [3.8, 4) is 5.75 Å². The van der Waals surface area contributed by atoms with E-state index in [4.69, 9.17) is 4.74 Å². The maximum Gasteiger partial charge on any atom is 0.272 e. The number of hydrogen-bond donors (Lipinski definition) is 0. The molecule has 0 saturated heterocycles. The monoisotopic (exact) mass is 333 g/mol. The van der Waals surface area contributed by atoms with Gasteiger partial charge in [-0.25, -0.2) is 8.78 Å². The van der Waals surface area contributed by atoms with Crippen molar-refractivity contribution in [2.45, 2.75) is 31.7 Å². The molecule has 4 rings (SSSR count). The molecule has 24 heavy (non-hydrogen) atoms. The molecule has 0 atom stereocenters. The van der Waals surface area contributed by atoms with Crippen LogP contribution < -0.4 is 4.74 Å². The maximum atomic E-state index is 13.9. The average Bonchev–Trinajstić information content (AvgIpc) is 3.12. The van der Waals surface area contributed by atoms with Crippen LogP contribution in [0.15, 0.2) is 30.3 Å². The summed E-state index contributed by atoms with van der Waals surface area (Å²) in [6, 6.07) is 7.51. The number of halogens is 2. The van der Waals surface area contributed by atoms with Gasteiger partial charge in [-0.3, -0.25) is 9.48 Å². The fraction of sp³-hybridized carbons (Fsp3) is 0.412. The first-order chi connectivity index (χ1) is 11.5. The molecule has 0 unspecified atom stereocenters. The average molecular weight is 333 g/mol. The third kappa shape index (κ3) is 2.98. The SMILES string of the molecule is O=C1c2cc(COc3cccc(F)c3)nn2CCN1CC1(F)CC1. The van der Waals surface area contributed by atoms with Crippen LogP contribution in [0.2, 0.25) is 0 Å². The zero-order valence-electron chi connectivity index (χ0n) is 13.0. The standard InChI is InChI=1S/C17H17F2N3O2/c18-12-2-1-3-14(8-12)24-10-13-9-15-16(23)21(6-7-22(15)20-13)11-17(19)4-5-17/h1-3,8-9H,4-7,10-11H2. The van der Waals surface area contributed by atoms with Crippen LogP contribution in [0.1, 0.15) is 29.0 Å². The summed E-state index contributed by atoms with van der Waals surface area (Å²) >= 11 is 0. The highest BCUT2D eigenvalue weighted by Crippen LogP contribution is 2.40. The lowest BCUT2D eigenvalue weighted by atomic mass is 10.2. The smallest absolute Gasteiger partial charge is 0.272 e. The van der Waals surface area contributed by atoms with Gasteiger partial charge in [0.05, 0.1) is 13.1 Å². The predicted octanol–water partition coefficient (Wildman–Crippen LogP) is 2.56. The fourth-order valence-corrected chi connectivity index (χ4v) is 2.86. The van der Waals surface area contributed by atoms with Gasteiger partial charge in [-0.1, -0.05) is 6.07 Å². The summed E-state index contributed by atoms with van der Waals surface area (Å²) in [5, 5.41) is 4.34. The molecule has 126 valence electrons. The van der Waals surface area contributed by atoms with Crippen molar-refractivity contribution in [1.29, 1.82) is 0 Å². The van der Waals surface area contributed by atoms with Gasteiger partial charge in [-0.05, 0) is 31.0 Å². The summed E-state index contributed by atoms with van der Waals surface area (Å²) in [5.41, 5.74) is -0.157. The van der Waals surface area contributed by atoms with Gasteiger partial charge in [-0.15, -0.1) is 0 Å². The van der Waals surface area contributed by atoms with Crippen LogP contribution in [0, 0.1) is 5.82 Å². The number of benzene rings is 1. The van der Waals surface area contributed by atoms with Crippen LogP contribution in [0.5, 0.6) is 5.75 Å². The first kappa shape index (κ1) is 15.1. The van der Waals surface area contributed by atoms with E-state index in [2.05, 4.69) is 5.10 Å². The molecule has 1 fully saturated rings. The predicted molar refractivity (Wildman–Crippen MR) is 81.9 cm³/mol. The molecule has 2 aromatic rings. The molecule has 1 aliphatic heterocycles. The second kappa shape index (κ2) is 5.58. The summed E-state index contributed by atoms with van der Waals surface area (Å²) in [7, 11) is 0. The van der Waals surface area contributed by atoms with Crippen molar-refractivity contribution in [1.82, 2.24) is 14.7 Å². The van der Waals surface area contributed by atoms with Crippen molar-refractivity contribution in [2.24, 2.45) is 0 Å². The van der Waals surface area contributed by atoms with Crippen molar-refractivity contribution in [3.63, 3.8) is 0 Å². The van der Waals surface area contributed by atoms with Gasteiger partial charge < -0.3 is 9.64 Å². The van der Waals surface area contributed by atoms with Gasteiger partial charge >= 0.3 is 0 Å². The minimum Gasteiger partial charge on any atom is -0.487 e. The minimum absolute atomic E-state index is 0.143. The number of nitrogens with zero attached hydrogens (tertiary/aromatic N) is 3. The summed E-state index contributed by atoms with van der Waals surface area (Å²) in [6.07, 6.45) is 1.06. The molecule has 1 aromatic carbocycles. The molecule has 1 aliphatic carbocycles. The molecule has 0 N–H and O–H groups in total. The van der Waals surface area contributed by atoms with E-state index in [1.54, 1.807) is 27.8 Å². The zero-order chi connectivity index (χ0) is 16.7. The molecule has 0 bridgehead atoms. The molecule has 0 spiro atoms. The Kier molecular flexibility index (Phi) is 3.51. The number of fused-ring (bicyclic) bond motifs is 1. The third-order valence-corrected chi connectivity index (χ3v) is 4.37. The Hall–Kier alpha value is -2.44. The minimum atomic E-state index is -1.19. The second-order valence-corrected chi connectivity index (χ2v) is 6.37. The normalized spacial score (nSPS) is 18.4. The van der Waals surface area contributed by atoms with Gasteiger partial charge in [0, 0.05) is 12.6 Å². The van der Waals surface area contributed by atoms with E-state index in [0.29, 0.717) is 43.1 Å². The first-order valence-electron chi connectivity index (χ1n) is 7.96. The maximum absolute atomic E-state index is 13.9. The number of ether oxygens (including phenoxy) is 1. The van der Waals surface area contributed by atoms with Crippen LogP contribution in [0.4, 0.5) is 8.78 Å². The van der Waals surface area contributed by atoms with E-state index < -0.39 is 5.67 Å². The van der Waals surface area contributed by atoms with E-state index in [0.717, 1.165) is 0 Å². The van der Waals surface area contributed by atoms with Crippen molar-refractivity contribution >= 4 is 5.91 Å². The summed E-state index contributed by atoms with van der Waals surface area (Å²) in [4.78, 5) is 14.0. The highest BCUT2D eigenvalue weighted by Gasteiger charge is 2.46. The molecular formula is C17H17F2N3O2. The number of rotatable bonds is 5. The molecule has 2 aliphatic rings. The second-order valence-electron chi connectivity index (χ2n) is 6.37. The number of carbonyl (C=O) groups excluding carboxylic acids is 1. The molecule has 7 heteroatoms. The Bertz CT molecular complexity index is 786. The largest absolute Gasteiger partial charge is 0.487 e. The van der Waals surface area contributed by atoms with Gasteiger partial charge in [0.25, 0.3) is 5.91 Å². The quantitative estimate of drug-likeness (QED) is 0.845. The summed E-state index contributed by atoms with van der Waals surface area (Å²) in [5.74, 6) is -0.167. The van der Waals surface area contributed by atoms with Gasteiger partial charge in [-0.2, -0.15) is 5.10 Å². The van der Waals surface area contributed by atoms with Crippen molar-refractivity contribution in [3.05, 3.63) is 47.5 Å². The molecule has 5 nitrogen and oxygen atoms in total. The highest BCUT2D eigenvalue weighted by atomic mass is 19.1. The molecule has 2 heterocycles.